The normalized spacial score (nSPS) is 24.9. The molecule has 0 spiro atoms. The Hall–Kier alpha value is -1.85. The average Bonchev–Trinajstić information content (AvgIpc) is 3.24. The summed E-state index contributed by atoms with van der Waals surface area (Å²) < 4.78 is 5.46. The van der Waals surface area contributed by atoms with Gasteiger partial charge in [0.2, 0.25) is 5.91 Å². The van der Waals surface area contributed by atoms with Gasteiger partial charge in [0.1, 0.15) is 0 Å². The summed E-state index contributed by atoms with van der Waals surface area (Å²) in [6, 6.07) is 8.77. The van der Waals surface area contributed by atoms with Gasteiger partial charge in [-0.3, -0.25) is 9.69 Å². The third-order valence-electron chi connectivity index (χ3n) is 5.72. The zero-order valence-electron chi connectivity index (χ0n) is 14.9. The van der Waals surface area contributed by atoms with Crippen LogP contribution in [0.25, 0.3) is 10.9 Å². The lowest BCUT2D eigenvalue weighted by atomic mass is 10.0. The number of rotatable bonds is 4. The molecule has 0 radical (unpaired) electrons. The molecule has 0 bridgehead atoms. The molecule has 1 aromatic carbocycles. The Bertz CT molecular complexity index is 735. The molecule has 2 saturated heterocycles. The maximum Gasteiger partial charge on any atom is 0.222 e. The van der Waals surface area contributed by atoms with E-state index in [-0.39, 0.29) is 5.91 Å². The molecule has 2 fully saturated rings. The van der Waals surface area contributed by atoms with Crippen LogP contribution < -0.4 is 0 Å². The van der Waals surface area contributed by atoms with Crippen molar-refractivity contribution in [2.45, 2.75) is 25.8 Å². The molecule has 134 valence electrons. The van der Waals surface area contributed by atoms with Crippen LogP contribution in [0.2, 0.25) is 0 Å². The second kappa shape index (κ2) is 7.18. The van der Waals surface area contributed by atoms with Crippen LogP contribution in [0.4, 0.5) is 0 Å². The lowest BCUT2D eigenvalue weighted by Gasteiger charge is -2.34. The van der Waals surface area contributed by atoms with Crippen LogP contribution in [0.1, 0.15) is 18.9 Å². The number of para-hydroxylation sites is 1. The van der Waals surface area contributed by atoms with Gasteiger partial charge in [0.15, 0.2) is 0 Å². The van der Waals surface area contributed by atoms with Crippen molar-refractivity contribution in [3.05, 3.63) is 36.0 Å². The van der Waals surface area contributed by atoms with E-state index in [9.17, 15) is 4.79 Å². The maximum atomic E-state index is 12.7. The van der Waals surface area contributed by atoms with Gasteiger partial charge in [-0.1, -0.05) is 25.1 Å². The highest BCUT2D eigenvalue weighted by atomic mass is 16.5. The lowest BCUT2D eigenvalue weighted by molar-refractivity contribution is -0.130. The number of nitrogens with one attached hydrogen (secondary N) is 1. The smallest absolute Gasteiger partial charge is 0.222 e. The number of aromatic amines is 1. The molecule has 4 rings (SSSR count). The zero-order chi connectivity index (χ0) is 17.2. The van der Waals surface area contributed by atoms with E-state index in [1.807, 2.05) is 12.3 Å². The van der Waals surface area contributed by atoms with Crippen LogP contribution in [-0.2, 0) is 16.0 Å². The van der Waals surface area contributed by atoms with Gasteiger partial charge < -0.3 is 14.6 Å². The molecule has 0 aliphatic carbocycles. The molecule has 2 atom stereocenters. The summed E-state index contributed by atoms with van der Waals surface area (Å²) in [7, 11) is 0. The fourth-order valence-corrected chi connectivity index (χ4v) is 4.28. The predicted octanol–water partition coefficient (Wildman–Crippen LogP) is 2.28. The highest BCUT2D eigenvalue weighted by Crippen LogP contribution is 2.24. The first kappa shape index (κ1) is 16.6. The first-order valence-corrected chi connectivity index (χ1v) is 9.37. The van der Waals surface area contributed by atoms with Crippen LogP contribution >= 0.6 is 0 Å². The number of aryl methyl sites for hydroxylation is 1. The van der Waals surface area contributed by atoms with Crippen LogP contribution in [0.3, 0.4) is 0 Å². The van der Waals surface area contributed by atoms with Gasteiger partial charge in [0.05, 0.1) is 13.2 Å². The van der Waals surface area contributed by atoms with Gasteiger partial charge in [-0.25, -0.2) is 0 Å². The minimum Gasteiger partial charge on any atom is -0.379 e. The SMILES string of the molecule is CC1CN(C(=O)CCc2c[nH]c3ccccc23)CC1N1CCOCC1. The monoisotopic (exact) mass is 341 g/mol. The fraction of sp³-hybridized carbons (Fsp3) is 0.550. The number of aromatic nitrogens is 1. The van der Waals surface area contributed by atoms with Gasteiger partial charge >= 0.3 is 0 Å². The molecule has 5 nitrogen and oxygen atoms in total. The lowest BCUT2D eigenvalue weighted by Crippen LogP contribution is -2.47. The molecule has 25 heavy (non-hydrogen) atoms. The van der Waals surface area contributed by atoms with Crippen LogP contribution in [-0.4, -0.2) is 66.1 Å². The number of amides is 1. The van der Waals surface area contributed by atoms with E-state index in [0.29, 0.717) is 18.4 Å². The second-order valence-electron chi connectivity index (χ2n) is 7.35. The molecule has 1 amide bonds. The van der Waals surface area contributed by atoms with Crippen molar-refractivity contribution in [3.8, 4) is 0 Å². The quantitative estimate of drug-likeness (QED) is 0.928. The molecular weight excluding hydrogens is 314 g/mol. The van der Waals surface area contributed by atoms with Crippen molar-refractivity contribution in [2.24, 2.45) is 5.92 Å². The standard InChI is InChI=1S/C20H27N3O2/c1-15-13-23(14-19(15)22-8-10-25-11-9-22)20(24)7-6-16-12-21-18-5-3-2-4-17(16)18/h2-5,12,15,19,21H,6-11,13-14H2,1H3. The first-order valence-electron chi connectivity index (χ1n) is 9.37. The van der Waals surface area contributed by atoms with E-state index in [2.05, 4.69) is 39.9 Å². The second-order valence-corrected chi connectivity index (χ2v) is 7.35. The molecule has 5 heteroatoms. The first-order chi connectivity index (χ1) is 12.2. The Kier molecular flexibility index (Phi) is 4.77. The number of carbonyl (C=O) groups excluding carboxylic acids is 1. The number of hydrogen-bond acceptors (Lipinski definition) is 3. The number of fused-ring (bicyclic) bond motifs is 1. The van der Waals surface area contributed by atoms with Gasteiger partial charge in [-0.05, 0) is 24.0 Å². The Balaban J connectivity index is 1.35. The highest BCUT2D eigenvalue weighted by molar-refractivity contribution is 5.84. The van der Waals surface area contributed by atoms with Crippen molar-refractivity contribution >= 4 is 16.8 Å². The predicted molar refractivity (Wildman–Crippen MR) is 98.5 cm³/mol. The van der Waals surface area contributed by atoms with E-state index < -0.39 is 0 Å². The van der Waals surface area contributed by atoms with E-state index >= 15 is 0 Å². The summed E-state index contributed by atoms with van der Waals surface area (Å²) in [6.07, 6.45) is 3.43. The molecule has 2 aromatic rings. The summed E-state index contributed by atoms with van der Waals surface area (Å²) in [5, 5.41) is 1.23. The largest absolute Gasteiger partial charge is 0.379 e. The van der Waals surface area contributed by atoms with Gasteiger partial charge in [-0.15, -0.1) is 0 Å². The van der Waals surface area contributed by atoms with Gasteiger partial charge in [0, 0.05) is 55.7 Å². The fourth-order valence-electron chi connectivity index (χ4n) is 4.28. The van der Waals surface area contributed by atoms with Crippen LogP contribution in [0.15, 0.2) is 30.5 Å². The molecule has 3 heterocycles. The molecule has 2 unspecified atom stereocenters. The Morgan fingerprint density at radius 3 is 2.88 bits per heavy atom. The summed E-state index contributed by atoms with van der Waals surface area (Å²) >= 11 is 0. The summed E-state index contributed by atoms with van der Waals surface area (Å²) in [6.45, 7) is 7.64. The summed E-state index contributed by atoms with van der Waals surface area (Å²) in [4.78, 5) is 20.6. The number of nitrogens with zero attached hydrogens (tertiary/aromatic N) is 2. The van der Waals surface area contributed by atoms with E-state index in [1.165, 1.54) is 10.9 Å². The Morgan fingerprint density at radius 2 is 2.04 bits per heavy atom. The number of benzene rings is 1. The Labute approximate surface area is 148 Å². The third-order valence-corrected chi connectivity index (χ3v) is 5.72. The van der Waals surface area contributed by atoms with E-state index in [0.717, 1.165) is 51.3 Å². The third kappa shape index (κ3) is 3.44. The Morgan fingerprint density at radius 1 is 1.24 bits per heavy atom. The molecule has 2 aliphatic rings. The molecule has 1 aromatic heterocycles. The van der Waals surface area contributed by atoms with E-state index in [1.54, 1.807) is 0 Å². The van der Waals surface area contributed by atoms with Crippen molar-refractivity contribution in [2.75, 3.05) is 39.4 Å². The van der Waals surface area contributed by atoms with Crippen molar-refractivity contribution in [1.29, 1.82) is 0 Å². The van der Waals surface area contributed by atoms with Crippen molar-refractivity contribution in [3.63, 3.8) is 0 Å². The van der Waals surface area contributed by atoms with Crippen molar-refractivity contribution < 1.29 is 9.53 Å². The number of ether oxygens (including phenoxy) is 1. The summed E-state index contributed by atoms with van der Waals surface area (Å²) in [5.41, 5.74) is 2.38. The maximum absolute atomic E-state index is 12.7. The zero-order valence-corrected chi connectivity index (χ0v) is 14.9. The molecular formula is C20H27N3O2. The topological polar surface area (TPSA) is 48.6 Å². The highest BCUT2D eigenvalue weighted by Gasteiger charge is 2.36. The summed E-state index contributed by atoms with van der Waals surface area (Å²) in [5.74, 6) is 0.822. The molecule has 1 N–H and O–H groups in total. The molecule has 2 aliphatic heterocycles. The number of hydrogen-bond donors (Lipinski definition) is 1. The van der Waals surface area contributed by atoms with Gasteiger partial charge in [-0.2, -0.15) is 0 Å². The minimum atomic E-state index is 0.285. The number of morpholine rings is 1. The number of H-pyrrole nitrogens is 1. The number of likely N-dealkylation sites (tertiary alicyclic amines) is 1. The van der Waals surface area contributed by atoms with E-state index in [4.69, 9.17) is 4.74 Å². The average molecular weight is 341 g/mol. The number of carbonyl (C=O) groups is 1. The minimum absolute atomic E-state index is 0.285. The molecule has 0 saturated carbocycles. The van der Waals surface area contributed by atoms with Crippen LogP contribution in [0.5, 0.6) is 0 Å². The van der Waals surface area contributed by atoms with Crippen LogP contribution in [0, 0.1) is 5.92 Å². The van der Waals surface area contributed by atoms with Crippen molar-refractivity contribution in [1.82, 2.24) is 14.8 Å². The van der Waals surface area contributed by atoms with Gasteiger partial charge in [0.25, 0.3) is 0 Å².